The van der Waals surface area contributed by atoms with Crippen molar-refractivity contribution in [2.45, 2.75) is 6.92 Å². The summed E-state index contributed by atoms with van der Waals surface area (Å²) < 4.78 is 21.9. The highest BCUT2D eigenvalue weighted by Crippen LogP contribution is 2.29. The first-order valence-corrected chi connectivity index (χ1v) is 8.95. The molecule has 2 heterocycles. The van der Waals surface area contributed by atoms with Crippen molar-refractivity contribution in [2.24, 2.45) is 0 Å². The number of benzene rings is 2. The number of para-hydroxylation sites is 1. The highest BCUT2D eigenvalue weighted by Gasteiger charge is 2.22. The van der Waals surface area contributed by atoms with Gasteiger partial charge in [-0.2, -0.15) is 0 Å². The number of carbonyl (C=O) groups is 2. The van der Waals surface area contributed by atoms with Crippen LogP contribution in [0.1, 0.15) is 26.6 Å². The summed E-state index contributed by atoms with van der Waals surface area (Å²) in [6.07, 6.45) is 0.742. The molecule has 0 aliphatic carbocycles. The Morgan fingerprint density at radius 2 is 1.93 bits per heavy atom. The second-order valence-corrected chi connectivity index (χ2v) is 6.98. The van der Waals surface area contributed by atoms with Crippen molar-refractivity contribution in [3.05, 3.63) is 81.9 Å². The minimum Gasteiger partial charge on any atom is -0.451 e. The average molecular weight is 426 g/mol. The normalized spacial score (nSPS) is 11.1. The SMILES string of the molecule is Cc1c(C=O)c2ccccc2n1C(=O)c1ccc(-c2ccc(Br)cc2F)o1. The van der Waals surface area contributed by atoms with E-state index in [1.807, 2.05) is 6.07 Å². The highest BCUT2D eigenvalue weighted by molar-refractivity contribution is 9.10. The monoisotopic (exact) mass is 425 g/mol. The number of carbonyl (C=O) groups excluding carboxylic acids is 2. The molecule has 0 spiro atoms. The molecule has 0 atom stereocenters. The molecule has 0 saturated carbocycles. The molecule has 0 bridgehead atoms. The van der Waals surface area contributed by atoms with Gasteiger partial charge in [0.25, 0.3) is 5.91 Å². The van der Waals surface area contributed by atoms with E-state index in [9.17, 15) is 14.0 Å². The van der Waals surface area contributed by atoms with Crippen LogP contribution in [0.2, 0.25) is 0 Å². The Morgan fingerprint density at radius 1 is 1.15 bits per heavy atom. The summed E-state index contributed by atoms with van der Waals surface area (Å²) in [4.78, 5) is 24.5. The molecule has 0 unspecified atom stereocenters. The Kier molecular flexibility index (Phi) is 4.28. The Labute approximate surface area is 162 Å². The number of furan rings is 1. The first-order chi connectivity index (χ1) is 13.0. The standard InChI is InChI=1S/C21H13BrFNO3/c1-12-16(11-25)14-4-2-3-5-18(14)24(12)21(26)20-9-8-19(27-20)15-7-6-13(22)10-17(15)23/h2-11H,1H3. The molecule has 0 aliphatic heterocycles. The lowest BCUT2D eigenvalue weighted by Crippen LogP contribution is -2.12. The van der Waals surface area contributed by atoms with Crippen molar-refractivity contribution in [1.29, 1.82) is 0 Å². The van der Waals surface area contributed by atoms with Gasteiger partial charge in [-0.3, -0.25) is 14.2 Å². The van der Waals surface area contributed by atoms with Gasteiger partial charge in [0.1, 0.15) is 11.6 Å². The summed E-state index contributed by atoms with van der Waals surface area (Å²) in [5.74, 6) is -0.550. The van der Waals surface area contributed by atoms with E-state index in [1.54, 1.807) is 43.3 Å². The van der Waals surface area contributed by atoms with E-state index in [-0.39, 0.29) is 17.1 Å². The fraction of sp³-hybridized carbons (Fsp3) is 0.0476. The number of fused-ring (bicyclic) bond motifs is 1. The van der Waals surface area contributed by atoms with Gasteiger partial charge < -0.3 is 4.42 Å². The average Bonchev–Trinajstić information content (AvgIpc) is 3.23. The number of hydrogen-bond acceptors (Lipinski definition) is 3. The largest absolute Gasteiger partial charge is 0.451 e. The summed E-state index contributed by atoms with van der Waals surface area (Å²) in [7, 11) is 0. The van der Waals surface area contributed by atoms with Gasteiger partial charge in [0.15, 0.2) is 12.0 Å². The van der Waals surface area contributed by atoms with E-state index in [4.69, 9.17) is 4.42 Å². The van der Waals surface area contributed by atoms with E-state index in [0.717, 1.165) is 6.29 Å². The van der Waals surface area contributed by atoms with Crippen LogP contribution < -0.4 is 0 Å². The van der Waals surface area contributed by atoms with Crippen LogP contribution >= 0.6 is 15.9 Å². The van der Waals surface area contributed by atoms with Gasteiger partial charge >= 0.3 is 0 Å². The Bertz CT molecular complexity index is 1210. The van der Waals surface area contributed by atoms with Crippen LogP contribution in [-0.4, -0.2) is 16.8 Å². The van der Waals surface area contributed by atoms with Crippen molar-refractivity contribution in [3.63, 3.8) is 0 Å². The summed E-state index contributed by atoms with van der Waals surface area (Å²) in [5, 5.41) is 0.698. The highest BCUT2D eigenvalue weighted by atomic mass is 79.9. The van der Waals surface area contributed by atoms with E-state index in [0.29, 0.717) is 26.6 Å². The number of aldehydes is 1. The smallest absolute Gasteiger partial charge is 0.298 e. The lowest BCUT2D eigenvalue weighted by atomic mass is 10.1. The van der Waals surface area contributed by atoms with Crippen molar-refractivity contribution in [3.8, 4) is 11.3 Å². The lowest BCUT2D eigenvalue weighted by molar-refractivity contribution is 0.0936. The quantitative estimate of drug-likeness (QED) is 0.400. The van der Waals surface area contributed by atoms with Gasteiger partial charge in [-0.1, -0.05) is 34.1 Å². The van der Waals surface area contributed by atoms with E-state index in [2.05, 4.69) is 15.9 Å². The van der Waals surface area contributed by atoms with Crippen LogP contribution in [0.15, 0.2) is 63.5 Å². The maximum absolute atomic E-state index is 14.2. The van der Waals surface area contributed by atoms with Crippen LogP contribution in [-0.2, 0) is 0 Å². The van der Waals surface area contributed by atoms with E-state index in [1.165, 1.54) is 16.7 Å². The van der Waals surface area contributed by atoms with Crippen LogP contribution in [0, 0.1) is 12.7 Å². The van der Waals surface area contributed by atoms with Crippen molar-refractivity contribution >= 4 is 39.0 Å². The summed E-state index contributed by atoms with van der Waals surface area (Å²) >= 11 is 3.21. The minimum absolute atomic E-state index is 0.0635. The fourth-order valence-corrected chi connectivity index (χ4v) is 3.53. The molecule has 4 rings (SSSR count). The van der Waals surface area contributed by atoms with Gasteiger partial charge in [-0.25, -0.2) is 4.39 Å². The maximum Gasteiger partial charge on any atom is 0.298 e. The molecule has 0 aliphatic rings. The third-order valence-corrected chi connectivity index (χ3v) is 4.99. The van der Waals surface area contributed by atoms with Crippen LogP contribution in [0.25, 0.3) is 22.2 Å². The number of halogens is 2. The molecule has 0 N–H and O–H groups in total. The van der Waals surface area contributed by atoms with Gasteiger partial charge in [-0.05, 0) is 43.3 Å². The van der Waals surface area contributed by atoms with E-state index >= 15 is 0 Å². The summed E-state index contributed by atoms with van der Waals surface area (Å²) in [6.45, 7) is 1.71. The number of hydrogen-bond donors (Lipinski definition) is 0. The molecule has 4 aromatic rings. The number of aromatic nitrogens is 1. The fourth-order valence-electron chi connectivity index (χ4n) is 3.20. The Morgan fingerprint density at radius 3 is 2.67 bits per heavy atom. The molecule has 6 heteroatoms. The van der Waals surface area contributed by atoms with Crippen LogP contribution in [0.3, 0.4) is 0 Å². The van der Waals surface area contributed by atoms with E-state index < -0.39 is 11.7 Å². The number of rotatable bonds is 3. The van der Waals surface area contributed by atoms with Gasteiger partial charge in [0.2, 0.25) is 0 Å². The molecule has 4 nitrogen and oxygen atoms in total. The van der Waals surface area contributed by atoms with Crippen molar-refractivity contribution in [1.82, 2.24) is 4.57 Å². The predicted molar refractivity (Wildman–Crippen MR) is 104 cm³/mol. The third kappa shape index (κ3) is 2.82. The first kappa shape index (κ1) is 17.4. The van der Waals surface area contributed by atoms with Gasteiger partial charge in [0.05, 0.1) is 11.1 Å². The molecule has 0 radical (unpaired) electrons. The first-order valence-electron chi connectivity index (χ1n) is 8.16. The van der Waals surface area contributed by atoms with Crippen LogP contribution in [0.5, 0.6) is 0 Å². The molecule has 2 aromatic heterocycles. The Balaban J connectivity index is 1.81. The van der Waals surface area contributed by atoms with Gasteiger partial charge in [-0.15, -0.1) is 0 Å². The molecule has 2 aromatic carbocycles. The molecule has 0 amide bonds. The Hall–Kier alpha value is -2.99. The number of nitrogens with zero attached hydrogens (tertiary/aromatic N) is 1. The van der Waals surface area contributed by atoms with Crippen molar-refractivity contribution < 1.29 is 18.4 Å². The van der Waals surface area contributed by atoms with Gasteiger partial charge in [0, 0.05) is 21.1 Å². The zero-order chi connectivity index (χ0) is 19.1. The summed E-state index contributed by atoms with van der Waals surface area (Å²) in [5.41, 5.74) is 1.88. The van der Waals surface area contributed by atoms with Crippen LogP contribution in [0.4, 0.5) is 4.39 Å². The molecule has 134 valence electrons. The predicted octanol–water partition coefficient (Wildman–Crippen LogP) is 5.61. The van der Waals surface area contributed by atoms with Crippen molar-refractivity contribution in [2.75, 3.05) is 0 Å². The molecule has 27 heavy (non-hydrogen) atoms. The molecule has 0 fully saturated rings. The summed E-state index contributed by atoms with van der Waals surface area (Å²) in [6, 6.07) is 14.8. The molecular formula is C21H13BrFNO3. The minimum atomic E-state index is -0.455. The molecule has 0 saturated heterocycles. The second-order valence-electron chi connectivity index (χ2n) is 6.06. The third-order valence-electron chi connectivity index (χ3n) is 4.49. The second kappa shape index (κ2) is 6.63. The maximum atomic E-state index is 14.2. The topological polar surface area (TPSA) is 52.2 Å². The zero-order valence-corrected chi connectivity index (χ0v) is 15.8. The lowest BCUT2D eigenvalue weighted by Gasteiger charge is -2.05. The zero-order valence-electron chi connectivity index (χ0n) is 14.2. The molecular weight excluding hydrogens is 413 g/mol.